The van der Waals surface area contributed by atoms with Crippen LogP contribution in [0, 0.1) is 5.92 Å². The van der Waals surface area contributed by atoms with Gasteiger partial charge in [-0.15, -0.1) is 0 Å². The van der Waals surface area contributed by atoms with E-state index in [2.05, 4.69) is 15.9 Å². The highest BCUT2D eigenvalue weighted by molar-refractivity contribution is 9.09. The number of carboxylic acids is 1. The van der Waals surface area contributed by atoms with E-state index in [9.17, 15) is 4.79 Å². The number of carboxylic acid groups (broad SMARTS) is 1. The Labute approximate surface area is 69.1 Å². The first-order chi connectivity index (χ1) is 4.54. The first-order valence-electron chi connectivity index (χ1n) is 3.09. The lowest BCUT2D eigenvalue weighted by Gasteiger charge is -2.06. The van der Waals surface area contributed by atoms with Gasteiger partial charge in [0, 0.05) is 10.9 Å². The molecule has 0 fully saturated rings. The molecule has 0 aromatic rings. The van der Waals surface area contributed by atoms with Gasteiger partial charge in [-0.2, -0.15) is 0 Å². The molecule has 2 unspecified atom stereocenters. The molecule has 0 rings (SSSR count). The quantitative estimate of drug-likeness (QED) is 0.568. The van der Waals surface area contributed by atoms with E-state index < -0.39 is 5.97 Å². The molecule has 10 heavy (non-hydrogen) atoms. The van der Waals surface area contributed by atoms with Crippen molar-refractivity contribution in [3.8, 4) is 0 Å². The van der Waals surface area contributed by atoms with E-state index in [0.717, 1.165) is 0 Å². The van der Waals surface area contributed by atoms with Crippen LogP contribution in [0.15, 0.2) is 12.2 Å². The summed E-state index contributed by atoms with van der Waals surface area (Å²) >= 11 is 3.35. The van der Waals surface area contributed by atoms with Crippen molar-refractivity contribution in [3.05, 3.63) is 12.2 Å². The van der Waals surface area contributed by atoms with Crippen LogP contribution in [0.3, 0.4) is 0 Å². The zero-order valence-electron chi connectivity index (χ0n) is 6.04. The second kappa shape index (κ2) is 4.50. The maximum absolute atomic E-state index is 10.0. The summed E-state index contributed by atoms with van der Waals surface area (Å²) in [6.07, 6.45) is 2.84. The van der Waals surface area contributed by atoms with Crippen LogP contribution in [0.2, 0.25) is 0 Å². The molecule has 0 aromatic carbocycles. The molecule has 0 spiro atoms. The summed E-state index contributed by atoms with van der Waals surface area (Å²) in [6, 6.07) is 0. The second-order valence-corrected chi connectivity index (χ2v) is 3.68. The monoisotopic (exact) mass is 206 g/mol. The fourth-order valence-corrected chi connectivity index (χ4v) is 0.563. The smallest absolute Gasteiger partial charge is 0.327 e. The molecule has 0 aliphatic rings. The molecule has 0 aliphatic carbocycles. The van der Waals surface area contributed by atoms with Crippen LogP contribution in [-0.2, 0) is 4.79 Å². The van der Waals surface area contributed by atoms with Crippen molar-refractivity contribution in [1.82, 2.24) is 0 Å². The number of hydrogen-bond donors (Lipinski definition) is 1. The predicted molar refractivity (Wildman–Crippen MR) is 44.3 cm³/mol. The molecule has 2 atom stereocenters. The van der Waals surface area contributed by atoms with Crippen LogP contribution < -0.4 is 0 Å². The topological polar surface area (TPSA) is 37.3 Å². The van der Waals surface area contributed by atoms with Gasteiger partial charge in [0.2, 0.25) is 0 Å². The number of allylic oxidation sites excluding steroid dienone is 1. The van der Waals surface area contributed by atoms with Gasteiger partial charge in [-0.25, -0.2) is 4.79 Å². The van der Waals surface area contributed by atoms with E-state index in [1.165, 1.54) is 6.08 Å². The minimum Gasteiger partial charge on any atom is -0.478 e. The zero-order valence-corrected chi connectivity index (χ0v) is 7.63. The Morgan fingerprint density at radius 1 is 1.60 bits per heavy atom. The molecule has 0 amide bonds. The fraction of sp³-hybridized carbons (Fsp3) is 0.571. The molecule has 0 aliphatic heterocycles. The van der Waals surface area contributed by atoms with E-state index in [-0.39, 0.29) is 5.92 Å². The van der Waals surface area contributed by atoms with Gasteiger partial charge in [0.15, 0.2) is 0 Å². The molecule has 1 N–H and O–H groups in total. The Kier molecular flexibility index (Phi) is 4.36. The summed E-state index contributed by atoms with van der Waals surface area (Å²) in [7, 11) is 0. The van der Waals surface area contributed by atoms with Gasteiger partial charge in [0.1, 0.15) is 0 Å². The highest BCUT2D eigenvalue weighted by Gasteiger charge is 2.03. The van der Waals surface area contributed by atoms with Gasteiger partial charge in [0.05, 0.1) is 0 Å². The number of carbonyl (C=O) groups is 1. The highest BCUT2D eigenvalue weighted by atomic mass is 79.9. The predicted octanol–water partition coefficient (Wildman–Crippen LogP) is 2.05. The second-order valence-electron chi connectivity index (χ2n) is 2.23. The third kappa shape index (κ3) is 4.56. The molecular weight excluding hydrogens is 196 g/mol. The van der Waals surface area contributed by atoms with E-state index in [4.69, 9.17) is 5.11 Å². The van der Waals surface area contributed by atoms with Gasteiger partial charge >= 0.3 is 5.97 Å². The summed E-state index contributed by atoms with van der Waals surface area (Å²) in [6.45, 7) is 3.94. The minimum atomic E-state index is -0.889. The lowest BCUT2D eigenvalue weighted by molar-refractivity contribution is -0.131. The lowest BCUT2D eigenvalue weighted by Crippen LogP contribution is -2.03. The average Bonchev–Trinajstić information content (AvgIpc) is 1.82. The summed E-state index contributed by atoms with van der Waals surface area (Å²) in [5.41, 5.74) is 0. The Hall–Kier alpha value is -0.310. The zero-order chi connectivity index (χ0) is 8.15. The van der Waals surface area contributed by atoms with Gasteiger partial charge in [-0.1, -0.05) is 35.9 Å². The Bertz CT molecular complexity index is 141. The molecule has 0 saturated heterocycles. The first kappa shape index (κ1) is 9.69. The van der Waals surface area contributed by atoms with Gasteiger partial charge in [-0.3, -0.25) is 0 Å². The minimum absolute atomic E-state index is 0.260. The van der Waals surface area contributed by atoms with E-state index in [1.807, 2.05) is 13.8 Å². The first-order valence-corrected chi connectivity index (χ1v) is 4.01. The number of rotatable bonds is 3. The van der Waals surface area contributed by atoms with Crippen molar-refractivity contribution in [3.63, 3.8) is 0 Å². The average molecular weight is 207 g/mol. The van der Waals surface area contributed by atoms with E-state index >= 15 is 0 Å². The summed E-state index contributed by atoms with van der Waals surface area (Å²) in [4.78, 5) is 10.3. The fourth-order valence-electron chi connectivity index (χ4n) is 0.387. The van der Waals surface area contributed by atoms with Crippen molar-refractivity contribution in [2.45, 2.75) is 18.7 Å². The third-order valence-electron chi connectivity index (χ3n) is 1.27. The molecule has 0 radical (unpaired) electrons. The largest absolute Gasteiger partial charge is 0.478 e. The maximum Gasteiger partial charge on any atom is 0.327 e. The Morgan fingerprint density at radius 2 is 2.10 bits per heavy atom. The van der Waals surface area contributed by atoms with Gasteiger partial charge < -0.3 is 5.11 Å². The number of aliphatic carboxylic acids is 1. The number of halogens is 1. The summed E-state index contributed by atoms with van der Waals surface area (Å²) < 4.78 is 0. The van der Waals surface area contributed by atoms with Gasteiger partial charge in [-0.05, 0) is 5.92 Å². The molecule has 58 valence electrons. The summed E-state index contributed by atoms with van der Waals surface area (Å²) in [5, 5.41) is 8.24. The SMILES string of the molecule is CC(Br)C(C)/C=C/C(=O)O. The standard InChI is InChI=1S/C7H11BrO2/c1-5(6(2)8)3-4-7(9)10/h3-6H,1-2H3,(H,9,10)/b4-3+. The summed E-state index contributed by atoms with van der Waals surface area (Å²) in [5.74, 6) is -0.629. The van der Waals surface area contributed by atoms with Crippen LogP contribution >= 0.6 is 15.9 Å². The van der Waals surface area contributed by atoms with E-state index in [0.29, 0.717) is 4.83 Å². The normalized spacial score (nSPS) is 17.1. The Balaban J connectivity index is 3.77. The van der Waals surface area contributed by atoms with Crippen LogP contribution in [0.1, 0.15) is 13.8 Å². The van der Waals surface area contributed by atoms with Crippen molar-refractivity contribution in [1.29, 1.82) is 0 Å². The Morgan fingerprint density at radius 3 is 2.40 bits per heavy atom. The van der Waals surface area contributed by atoms with Gasteiger partial charge in [0.25, 0.3) is 0 Å². The van der Waals surface area contributed by atoms with Crippen LogP contribution in [-0.4, -0.2) is 15.9 Å². The molecule has 3 heteroatoms. The van der Waals surface area contributed by atoms with E-state index in [1.54, 1.807) is 6.08 Å². The van der Waals surface area contributed by atoms with Crippen LogP contribution in [0.5, 0.6) is 0 Å². The molecule has 0 heterocycles. The molecule has 2 nitrogen and oxygen atoms in total. The highest BCUT2D eigenvalue weighted by Crippen LogP contribution is 2.12. The third-order valence-corrected chi connectivity index (χ3v) is 2.10. The molecular formula is C7H11BrO2. The molecule has 0 aromatic heterocycles. The van der Waals surface area contributed by atoms with Crippen molar-refractivity contribution >= 4 is 21.9 Å². The van der Waals surface area contributed by atoms with Crippen molar-refractivity contribution < 1.29 is 9.90 Å². The molecule has 0 saturated carbocycles. The number of hydrogen-bond acceptors (Lipinski definition) is 1. The van der Waals surface area contributed by atoms with Crippen LogP contribution in [0.25, 0.3) is 0 Å². The van der Waals surface area contributed by atoms with Crippen molar-refractivity contribution in [2.24, 2.45) is 5.92 Å². The van der Waals surface area contributed by atoms with Crippen LogP contribution in [0.4, 0.5) is 0 Å². The number of alkyl halides is 1. The van der Waals surface area contributed by atoms with Crippen molar-refractivity contribution in [2.75, 3.05) is 0 Å². The maximum atomic E-state index is 10.0. The molecule has 0 bridgehead atoms. The lowest BCUT2D eigenvalue weighted by atomic mass is 10.1.